The second kappa shape index (κ2) is 6.23. The smallest absolute Gasteiger partial charge is 0.150 e. The molecule has 0 aliphatic heterocycles. The molecule has 0 radical (unpaired) electrons. The van der Waals surface area contributed by atoms with Gasteiger partial charge >= 0.3 is 0 Å². The zero-order valence-corrected chi connectivity index (χ0v) is 16.0. The normalized spacial score (nSPS) is 26.2. The van der Waals surface area contributed by atoms with Gasteiger partial charge in [0.05, 0.1) is 0 Å². The van der Waals surface area contributed by atoms with Gasteiger partial charge in [0.15, 0.2) is 11.6 Å². The van der Waals surface area contributed by atoms with Crippen molar-refractivity contribution in [3.05, 3.63) is 45.2 Å². The van der Waals surface area contributed by atoms with E-state index in [-0.39, 0.29) is 23.4 Å². The lowest BCUT2D eigenvalue weighted by atomic mass is 9.73. The number of benzene rings is 1. The van der Waals surface area contributed by atoms with Crippen LogP contribution in [0.1, 0.15) is 43.2 Å². The second-order valence-corrected chi connectivity index (χ2v) is 8.67. The molecule has 4 rings (SSSR count). The van der Waals surface area contributed by atoms with Crippen LogP contribution in [0, 0.1) is 11.8 Å². The summed E-state index contributed by atoms with van der Waals surface area (Å²) in [6, 6.07) is 8.37. The zero-order chi connectivity index (χ0) is 16.8. The summed E-state index contributed by atoms with van der Waals surface area (Å²) >= 11 is 5.17. The number of halogens is 1. The standard InChI is InChI=1S/C20H19BrO2S/c1-2-11-3-4-12(17-9-15(21)10-24-17)8-16(11)18-19(22)13-5-6-14(7-13)20(18)23/h3-4,8-10,13-14,18H,2,5-7H2,1H3. The molecule has 2 atom stereocenters. The molecule has 1 aromatic heterocycles. The fourth-order valence-electron chi connectivity index (χ4n) is 4.22. The zero-order valence-electron chi connectivity index (χ0n) is 13.5. The van der Waals surface area contributed by atoms with E-state index in [0.717, 1.165) is 51.7 Å². The molecular weight excluding hydrogens is 384 g/mol. The molecule has 0 saturated heterocycles. The Morgan fingerprint density at radius 1 is 1.12 bits per heavy atom. The molecule has 2 saturated carbocycles. The van der Waals surface area contributed by atoms with Crippen molar-refractivity contribution >= 4 is 38.8 Å². The summed E-state index contributed by atoms with van der Waals surface area (Å²) in [7, 11) is 0. The number of hydrogen-bond acceptors (Lipinski definition) is 3. The maximum atomic E-state index is 12.9. The summed E-state index contributed by atoms with van der Waals surface area (Å²) in [5.41, 5.74) is 3.17. The van der Waals surface area contributed by atoms with Crippen molar-refractivity contribution in [2.24, 2.45) is 11.8 Å². The first kappa shape index (κ1) is 16.2. The predicted molar refractivity (Wildman–Crippen MR) is 100 cm³/mol. The van der Waals surface area contributed by atoms with E-state index in [1.165, 1.54) is 0 Å². The Morgan fingerprint density at radius 2 is 1.83 bits per heavy atom. The van der Waals surface area contributed by atoms with Crippen LogP contribution in [0.15, 0.2) is 34.1 Å². The van der Waals surface area contributed by atoms with Gasteiger partial charge in [-0.15, -0.1) is 11.3 Å². The van der Waals surface area contributed by atoms with E-state index in [1.807, 2.05) is 0 Å². The van der Waals surface area contributed by atoms with Crippen LogP contribution in [0.5, 0.6) is 0 Å². The van der Waals surface area contributed by atoms with E-state index in [9.17, 15) is 9.59 Å². The van der Waals surface area contributed by atoms with Crippen molar-refractivity contribution < 1.29 is 9.59 Å². The number of carbonyl (C=O) groups excluding carboxylic acids is 2. The molecule has 2 bridgehead atoms. The third-order valence-electron chi connectivity index (χ3n) is 5.50. The summed E-state index contributed by atoms with van der Waals surface area (Å²) in [5, 5.41) is 2.06. The quantitative estimate of drug-likeness (QED) is 0.644. The number of aryl methyl sites for hydroxylation is 1. The monoisotopic (exact) mass is 402 g/mol. The Kier molecular flexibility index (Phi) is 4.21. The number of carbonyl (C=O) groups is 2. The molecule has 24 heavy (non-hydrogen) atoms. The van der Waals surface area contributed by atoms with Gasteiger partial charge in [0, 0.05) is 26.6 Å². The molecule has 4 heteroatoms. The van der Waals surface area contributed by atoms with Crippen LogP contribution in [0.4, 0.5) is 0 Å². The highest BCUT2D eigenvalue weighted by Gasteiger charge is 2.47. The highest BCUT2D eigenvalue weighted by molar-refractivity contribution is 9.10. The van der Waals surface area contributed by atoms with Crippen molar-refractivity contribution in [1.82, 2.24) is 0 Å². The molecule has 0 spiro atoms. The van der Waals surface area contributed by atoms with Crippen molar-refractivity contribution in [2.75, 3.05) is 0 Å². The largest absolute Gasteiger partial charge is 0.298 e. The van der Waals surface area contributed by atoms with E-state index in [2.05, 4.69) is 52.5 Å². The molecule has 0 N–H and O–H groups in total. The van der Waals surface area contributed by atoms with Gasteiger partial charge in [-0.05, 0) is 70.4 Å². The Bertz CT molecular complexity index is 801. The maximum absolute atomic E-state index is 12.9. The van der Waals surface area contributed by atoms with Crippen molar-refractivity contribution in [3.63, 3.8) is 0 Å². The third-order valence-corrected chi connectivity index (χ3v) is 7.24. The molecule has 1 heterocycles. The lowest BCUT2D eigenvalue weighted by Crippen LogP contribution is -2.35. The van der Waals surface area contributed by atoms with Crippen LogP contribution in [0.25, 0.3) is 10.4 Å². The van der Waals surface area contributed by atoms with Crippen molar-refractivity contribution in [2.45, 2.75) is 38.5 Å². The lowest BCUT2D eigenvalue weighted by Gasteiger charge is -2.27. The van der Waals surface area contributed by atoms with E-state index >= 15 is 0 Å². The number of fused-ring (bicyclic) bond motifs is 2. The molecule has 0 amide bonds. The first-order valence-electron chi connectivity index (χ1n) is 8.53. The minimum absolute atomic E-state index is 0.0990. The van der Waals surface area contributed by atoms with Gasteiger partial charge in [-0.25, -0.2) is 0 Å². The van der Waals surface area contributed by atoms with Crippen LogP contribution in [-0.2, 0) is 16.0 Å². The number of ketones is 2. The van der Waals surface area contributed by atoms with Crippen LogP contribution < -0.4 is 0 Å². The van der Waals surface area contributed by atoms with E-state index in [4.69, 9.17) is 0 Å². The fraction of sp³-hybridized carbons (Fsp3) is 0.400. The second-order valence-electron chi connectivity index (χ2n) is 6.84. The predicted octanol–water partition coefficient (Wildman–Crippen LogP) is 5.39. The summed E-state index contributed by atoms with van der Waals surface area (Å²) in [6.07, 6.45) is 3.42. The number of Topliss-reactive ketones (excluding diaryl/α,β-unsaturated/α-hetero) is 2. The number of hydrogen-bond donors (Lipinski definition) is 0. The Labute approximate surface area is 154 Å². The molecule has 1 aromatic carbocycles. The summed E-state index contributed by atoms with van der Waals surface area (Å²) in [6.45, 7) is 2.09. The number of rotatable bonds is 3. The molecule has 2 fully saturated rings. The average molecular weight is 403 g/mol. The van der Waals surface area contributed by atoms with Gasteiger partial charge in [-0.3, -0.25) is 9.59 Å². The summed E-state index contributed by atoms with van der Waals surface area (Å²) in [5.74, 6) is -0.0145. The van der Waals surface area contributed by atoms with Gasteiger partial charge in [-0.2, -0.15) is 0 Å². The van der Waals surface area contributed by atoms with E-state index < -0.39 is 5.92 Å². The fourth-order valence-corrected chi connectivity index (χ4v) is 5.65. The van der Waals surface area contributed by atoms with Gasteiger partial charge in [0.25, 0.3) is 0 Å². The van der Waals surface area contributed by atoms with Crippen LogP contribution >= 0.6 is 27.3 Å². The van der Waals surface area contributed by atoms with E-state index in [1.54, 1.807) is 11.3 Å². The Hall–Kier alpha value is -1.26. The van der Waals surface area contributed by atoms with Gasteiger partial charge in [-0.1, -0.05) is 19.1 Å². The van der Waals surface area contributed by atoms with Gasteiger partial charge in [0.1, 0.15) is 5.92 Å². The summed E-state index contributed by atoms with van der Waals surface area (Å²) in [4.78, 5) is 26.9. The van der Waals surface area contributed by atoms with Gasteiger partial charge < -0.3 is 0 Å². The van der Waals surface area contributed by atoms with Crippen molar-refractivity contribution in [3.8, 4) is 10.4 Å². The van der Waals surface area contributed by atoms with Crippen molar-refractivity contribution in [1.29, 1.82) is 0 Å². The maximum Gasteiger partial charge on any atom is 0.150 e. The molecule has 124 valence electrons. The Balaban J connectivity index is 1.81. The molecule has 2 aromatic rings. The van der Waals surface area contributed by atoms with Crippen LogP contribution in [0.3, 0.4) is 0 Å². The highest BCUT2D eigenvalue weighted by atomic mass is 79.9. The minimum atomic E-state index is -0.533. The van der Waals surface area contributed by atoms with Crippen LogP contribution in [-0.4, -0.2) is 11.6 Å². The summed E-state index contributed by atoms with van der Waals surface area (Å²) < 4.78 is 1.06. The topological polar surface area (TPSA) is 34.1 Å². The molecule has 2 aliphatic carbocycles. The average Bonchev–Trinajstić information content (AvgIpc) is 3.21. The lowest BCUT2D eigenvalue weighted by molar-refractivity contribution is -0.135. The first-order chi connectivity index (χ1) is 11.6. The SMILES string of the molecule is CCc1ccc(-c2cc(Br)cs2)cc1C1C(=O)C2CCC(C2)C1=O. The molecule has 2 aliphatic rings. The first-order valence-corrected chi connectivity index (χ1v) is 10.2. The minimum Gasteiger partial charge on any atom is -0.298 e. The molecular formula is C20H19BrO2S. The Morgan fingerprint density at radius 3 is 2.42 bits per heavy atom. The third kappa shape index (κ3) is 2.60. The van der Waals surface area contributed by atoms with E-state index in [0.29, 0.717) is 0 Å². The molecule has 2 unspecified atom stereocenters. The number of thiophene rings is 1. The molecule has 2 nitrogen and oxygen atoms in total. The van der Waals surface area contributed by atoms with Crippen LogP contribution in [0.2, 0.25) is 0 Å². The van der Waals surface area contributed by atoms with Gasteiger partial charge in [0.2, 0.25) is 0 Å². The highest BCUT2D eigenvalue weighted by Crippen LogP contribution is 2.45.